The van der Waals surface area contributed by atoms with E-state index >= 15 is 0 Å². The molecule has 0 aromatic rings. The molecule has 0 fully saturated rings. The Morgan fingerprint density at radius 1 is 0.288 bits per heavy atom. The van der Waals surface area contributed by atoms with E-state index in [-0.39, 0.29) is 31.1 Å². The number of carbonyl (C=O) groups is 3. The molecule has 1 unspecified atom stereocenters. The van der Waals surface area contributed by atoms with Gasteiger partial charge in [0.1, 0.15) is 13.2 Å². The lowest BCUT2D eigenvalue weighted by Gasteiger charge is -2.18. The van der Waals surface area contributed by atoms with Crippen LogP contribution in [0.25, 0.3) is 0 Å². The van der Waals surface area contributed by atoms with Crippen molar-refractivity contribution in [2.45, 2.75) is 387 Å². The SMILES string of the molecule is CCCCCCCCCCCCCCCCC(=O)OC[C@H](COC(=O)CCCCCCCCCCCCCCCCCCCCC(C)CC)OC(=O)CCCCCCCCCCCCCCCCCCC(C)C. The zero-order valence-electron chi connectivity index (χ0n) is 50.3. The predicted molar refractivity (Wildman–Crippen MR) is 316 cm³/mol. The van der Waals surface area contributed by atoms with E-state index in [0.717, 1.165) is 69.6 Å². The van der Waals surface area contributed by atoms with E-state index < -0.39 is 6.10 Å². The van der Waals surface area contributed by atoms with Crippen molar-refractivity contribution in [3.63, 3.8) is 0 Å². The van der Waals surface area contributed by atoms with Crippen LogP contribution in [0.15, 0.2) is 0 Å². The Labute approximate surface area is 457 Å². The summed E-state index contributed by atoms with van der Waals surface area (Å²) in [4.78, 5) is 38.3. The van der Waals surface area contributed by atoms with Gasteiger partial charge in [0.05, 0.1) is 0 Å². The number of ether oxygens (including phenoxy) is 3. The molecule has 0 amide bonds. The molecule has 0 aromatic carbocycles. The lowest BCUT2D eigenvalue weighted by atomic mass is 9.99. The van der Waals surface area contributed by atoms with E-state index in [1.807, 2.05) is 0 Å². The fourth-order valence-corrected chi connectivity index (χ4v) is 10.4. The second-order valence-corrected chi connectivity index (χ2v) is 23.8. The minimum absolute atomic E-state index is 0.0615. The van der Waals surface area contributed by atoms with Crippen LogP contribution in [0.3, 0.4) is 0 Å². The van der Waals surface area contributed by atoms with Crippen LogP contribution in [-0.4, -0.2) is 37.2 Å². The van der Waals surface area contributed by atoms with Gasteiger partial charge in [-0.25, -0.2) is 0 Å². The van der Waals surface area contributed by atoms with Gasteiger partial charge < -0.3 is 14.2 Å². The molecule has 0 aliphatic carbocycles. The van der Waals surface area contributed by atoms with Gasteiger partial charge in [0.15, 0.2) is 6.10 Å². The van der Waals surface area contributed by atoms with E-state index in [2.05, 4.69) is 34.6 Å². The highest BCUT2D eigenvalue weighted by Gasteiger charge is 2.19. The van der Waals surface area contributed by atoms with Gasteiger partial charge in [0, 0.05) is 19.3 Å². The monoisotopic (exact) mass is 1030 g/mol. The maximum absolute atomic E-state index is 12.9. The van der Waals surface area contributed by atoms with E-state index in [1.165, 1.54) is 270 Å². The van der Waals surface area contributed by atoms with Crippen molar-refractivity contribution >= 4 is 17.9 Å². The standard InChI is InChI=1S/C67H130O6/c1-6-8-9-10-11-12-13-14-27-32-37-42-47-52-57-65(68)71-60-64(73-67(70)59-54-49-44-39-34-29-24-20-19-21-25-30-35-40-45-50-55-62(3)4)61-72-66(69)58-53-48-43-38-33-28-23-18-16-15-17-22-26-31-36-41-46-51-56-63(5)7-2/h62-64H,6-61H2,1-5H3/t63?,64-/m1/s1. The molecular formula is C67H130O6. The Morgan fingerprint density at radius 2 is 0.521 bits per heavy atom. The lowest BCUT2D eigenvalue weighted by Crippen LogP contribution is -2.30. The van der Waals surface area contributed by atoms with Gasteiger partial charge in [-0.15, -0.1) is 0 Å². The number of unbranched alkanes of at least 4 members (excludes halogenated alkanes) is 45. The summed E-state index contributed by atoms with van der Waals surface area (Å²) in [6.45, 7) is 11.5. The van der Waals surface area contributed by atoms with Gasteiger partial charge in [-0.05, 0) is 31.1 Å². The molecule has 0 rings (SSSR count). The van der Waals surface area contributed by atoms with Crippen LogP contribution >= 0.6 is 0 Å². The van der Waals surface area contributed by atoms with Crippen LogP contribution in [0, 0.1) is 11.8 Å². The minimum Gasteiger partial charge on any atom is -0.462 e. The summed E-state index contributed by atoms with van der Waals surface area (Å²) in [5.41, 5.74) is 0. The fourth-order valence-electron chi connectivity index (χ4n) is 10.4. The molecule has 0 heterocycles. The average Bonchev–Trinajstić information content (AvgIpc) is 3.38. The van der Waals surface area contributed by atoms with Gasteiger partial charge in [-0.1, -0.05) is 343 Å². The number of esters is 3. The van der Waals surface area contributed by atoms with Crippen molar-refractivity contribution in [2.24, 2.45) is 11.8 Å². The van der Waals surface area contributed by atoms with Gasteiger partial charge >= 0.3 is 17.9 Å². The van der Waals surface area contributed by atoms with Crippen LogP contribution in [0.2, 0.25) is 0 Å². The van der Waals surface area contributed by atoms with Crippen LogP contribution < -0.4 is 0 Å². The third-order valence-electron chi connectivity index (χ3n) is 15.8. The Bertz CT molecular complexity index is 1120. The van der Waals surface area contributed by atoms with Gasteiger partial charge in [-0.3, -0.25) is 14.4 Å². The van der Waals surface area contributed by atoms with Crippen molar-refractivity contribution in [2.75, 3.05) is 13.2 Å². The maximum atomic E-state index is 12.9. The Morgan fingerprint density at radius 3 is 0.781 bits per heavy atom. The minimum atomic E-state index is -0.764. The first kappa shape index (κ1) is 71.4. The topological polar surface area (TPSA) is 78.9 Å². The lowest BCUT2D eigenvalue weighted by molar-refractivity contribution is -0.167. The molecule has 0 N–H and O–H groups in total. The van der Waals surface area contributed by atoms with Crippen LogP contribution in [0.4, 0.5) is 0 Å². The van der Waals surface area contributed by atoms with Crippen LogP contribution in [0.1, 0.15) is 381 Å². The second kappa shape index (κ2) is 59.7. The Balaban J connectivity index is 4.25. The van der Waals surface area contributed by atoms with E-state index in [9.17, 15) is 14.4 Å². The first-order valence-corrected chi connectivity index (χ1v) is 33.3. The molecule has 2 atom stereocenters. The highest BCUT2D eigenvalue weighted by atomic mass is 16.6. The summed E-state index contributed by atoms with van der Waals surface area (Å²) >= 11 is 0. The summed E-state index contributed by atoms with van der Waals surface area (Å²) in [7, 11) is 0. The van der Waals surface area contributed by atoms with Gasteiger partial charge in [0.2, 0.25) is 0 Å². The highest BCUT2D eigenvalue weighted by molar-refractivity contribution is 5.71. The molecule has 0 saturated heterocycles. The molecule has 0 radical (unpaired) electrons. The molecule has 0 spiro atoms. The van der Waals surface area contributed by atoms with Crippen molar-refractivity contribution in [1.82, 2.24) is 0 Å². The molecule has 73 heavy (non-hydrogen) atoms. The third kappa shape index (κ3) is 59.5. The molecule has 0 bridgehead atoms. The molecule has 0 aliphatic heterocycles. The fraction of sp³-hybridized carbons (Fsp3) is 0.955. The van der Waals surface area contributed by atoms with E-state index in [0.29, 0.717) is 19.3 Å². The largest absolute Gasteiger partial charge is 0.462 e. The normalized spacial score (nSPS) is 12.4. The maximum Gasteiger partial charge on any atom is 0.306 e. The van der Waals surface area contributed by atoms with Crippen molar-refractivity contribution in [1.29, 1.82) is 0 Å². The molecule has 434 valence electrons. The number of hydrogen-bond acceptors (Lipinski definition) is 6. The van der Waals surface area contributed by atoms with Gasteiger partial charge in [0.25, 0.3) is 0 Å². The summed E-state index contributed by atoms with van der Waals surface area (Å²) in [5.74, 6) is 0.934. The number of hydrogen-bond donors (Lipinski definition) is 0. The zero-order valence-corrected chi connectivity index (χ0v) is 50.3. The Hall–Kier alpha value is -1.59. The zero-order chi connectivity index (χ0) is 53.2. The Kier molecular flexibility index (Phi) is 58.4. The van der Waals surface area contributed by atoms with Crippen LogP contribution in [-0.2, 0) is 28.6 Å². The first-order valence-electron chi connectivity index (χ1n) is 33.3. The summed E-state index contributed by atoms with van der Waals surface area (Å²) in [5, 5.41) is 0. The van der Waals surface area contributed by atoms with Crippen molar-refractivity contribution < 1.29 is 28.6 Å². The molecular weight excluding hydrogens is 901 g/mol. The van der Waals surface area contributed by atoms with Crippen molar-refractivity contribution in [3.05, 3.63) is 0 Å². The highest BCUT2D eigenvalue weighted by Crippen LogP contribution is 2.20. The third-order valence-corrected chi connectivity index (χ3v) is 15.8. The van der Waals surface area contributed by atoms with E-state index in [4.69, 9.17) is 14.2 Å². The number of carbonyl (C=O) groups excluding carboxylic acids is 3. The molecule has 0 saturated carbocycles. The summed E-state index contributed by atoms with van der Waals surface area (Å²) in [6, 6.07) is 0. The number of rotatable bonds is 61. The summed E-state index contributed by atoms with van der Waals surface area (Å²) < 4.78 is 17.0. The predicted octanol–water partition coefficient (Wildman–Crippen LogP) is 22.4. The molecule has 0 aliphatic rings. The first-order chi connectivity index (χ1) is 35.8. The smallest absolute Gasteiger partial charge is 0.306 e. The molecule has 6 nitrogen and oxygen atoms in total. The quantitative estimate of drug-likeness (QED) is 0.0343. The average molecular weight is 1030 g/mol. The van der Waals surface area contributed by atoms with Crippen molar-refractivity contribution in [3.8, 4) is 0 Å². The van der Waals surface area contributed by atoms with Gasteiger partial charge in [-0.2, -0.15) is 0 Å². The van der Waals surface area contributed by atoms with E-state index in [1.54, 1.807) is 0 Å². The summed E-state index contributed by atoms with van der Waals surface area (Å²) in [6.07, 6.45) is 66.7. The molecule has 0 aromatic heterocycles. The van der Waals surface area contributed by atoms with Crippen LogP contribution in [0.5, 0.6) is 0 Å². The second-order valence-electron chi connectivity index (χ2n) is 23.8. The molecule has 6 heteroatoms.